The molecule has 0 spiro atoms. The van der Waals surface area contributed by atoms with Gasteiger partial charge >= 0.3 is 0 Å². The average Bonchev–Trinajstić information content (AvgIpc) is 2.66. The zero-order chi connectivity index (χ0) is 13.4. The number of piperidine rings is 1. The largest absolute Gasteiger partial charge is 0.393 e. The summed E-state index contributed by atoms with van der Waals surface area (Å²) in [5.41, 5.74) is 0. The Labute approximate surface area is 115 Å². The molecule has 0 aromatic heterocycles. The van der Waals surface area contributed by atoms with Gasteiger partial charge < -0.3 is 15.3 Å². The van der Waals surface area contributed by atoms with Crippen molar-refractivity contribution in [2.24, 2.45) is 11.8 Å². The maximum Gasteiger partial charge on any atom is 0.222 e. The van der Waals surface area contributed by atoms with Crippen LogP contribution in [0.5, 0.6) is 0 Å². The number of carbonyl (C=O) groups excluding carboxylic acids is 1. The van der Waals surface area contributed by atoms with Crippen molar-refractivity contribution in [2.45, 2.75) is 63.1 Å². The summed E-state index contributed by atoms with van der Waals surface area (Å²) in [6.45, 7) is 0.827. The second-order valence-electron chi connectivity index (χ2n) is 6.94. The van der Waals surface area contributed by atoms with Crippen molar-refractivity contribution in [1.29, 1.82) is 0 Å². The molecule has 0 aromatic carbocycles. The van der Waals surface area contributed by atoms with Crippen LogP contribution in [0.25, 0.3) is 0 Å². The second-order valence-corrected chi connectivity index (χ2v) is 6.94. The summed E-state index contributed by atoms with van der Waals surface area (Å²) in [4.78, 5) is 14.1. The van der Waals surface area contributed by atoms with E-state index >= 15 is 0 Å². The molecule has 2 unspecified atom stereocenters. The number of nitrogens with zero attached hydrogens (tertiary/aromatic N) is 1. The third-order valence-corrected chi connectivity index (χ3v) is 5.20. The van der Waals surface area contributed by atoms with Crippen LogP contribution in [0.4, 0.5) is 0 Å². The third kappa shape index (κ3) is 3.11. The van der Waals surface area contributed by atoms with E-state index in [4.69, 9.17) is 0 Å². The molecule has 0 aromatic rings. The molecule has 4 nitrogen and oxygen atoms in total. The normalized spacial score (nSPS) is 40.8. The Morgan fingerprint density at radius 3 is 2.37 bits per heavy atom. The number of hydrogen-bond donors (Lipinski definition) is 2. The van der Waals surface area contributed by atoms with Gasteiger partial charge in [-0.05, 0) is 50.4 Å². The van der Waals surface area contributed by atoms with Gasteiger partial charge in [-0.2, -0.15) is 0 Å². The Balaban J connectivity index is 1.42. The Bertz CT molecular complexity index is 329. The van der Waals surface area contributed by atoms with E-state index in [0.717, 1.165) is 25.8 Å². The molecule has 19 heavy (non-hydrogen) atoms. The Hall–Kier alpha value is -0.610. The van der Waals surface area contributed by atoms with E-state index < -0.39 is 0 Å². The summed E-state index contributed by atoms with van der Waals surface area (Å²) < 4.78 is 0. The molecule has 1 aliphatic carbocycles. The first-order chi connectivity index (χ1) is 9.10. The number of nitrogens with one attached hydrogen (secondary N) is 1. The van der Waals surface area contributed by atoms with Gasteiger partial charge in [-0.1, -0.05) is 0 Å². The van der Waals surface area contributed by atoms with E-state index in [9.17, 15) is 9.90 Å². The van der Waals surface area contributed by atoms with Gasteiger partial charge in [0, 0.05) is 32.1 Å². The Morgan fingerprint density at radius 1 is 1.16 bits per heavy atom. The van der Waals surface area contributed by atoms with Crippen LogP contribution in [0.1, 0.15) is 44.9 Å². The van der Waals surface area contributed by atoms with Crippen LogP contribution < -0.4 is 5.32 Å². The van der Waals surface area contributed by atoms with Crippen LogP contribution in [-0.2, 0) is 4.79 Å². The molecular weight excluding hydrogens is 240 g/mol. The first-order valence-corrected chi connectivity index (χ1v) is 7.78. The van der Waals surface area contributed by atoms with Gasteiger partial charge in [0.05, 0.1) is 6.10 Å². The number of amides is 1. The van der Waals surface area contributed by atoms with Gasteiger partial charge in [0.25, 0.3) is 0 Å². The van der Waals surface area contributed by atoms with Crippen molar-refractivity contribution in [1.82, 2.24) is 10.2 Å². The van der Waals surface area contributed by atoms with Crippen LogP contribution >= 0.6 is 0 Å². The Kier molecular flexibility index (Phi) is 3.81. The standard InChI is InChI=1S/C15H26N2O2/c1-17(9-11-6-14(18)7-11)15(19)8-10-4-12-2-3-13(5-10)16-12/h10-14,16,18H,2-9H2,1H3. The Morgan fingerprint density at radius 2 is 1.79 bits per heavy atom. The molecule has 3 aliphatic rings. The van der Waals surface area contributed by atoms with Crippen LogP contribution in [-0.4, -0.2) is 47.7 Å². The SMILES string of the molecule is CN(CC1CC(O)C1)C(=O)CC1CC2CCC(C1)N2. The molecule has 1 saturated carbocycles. The van der Waals surface area contributed by atoms with E-state index in [0.29, 0.717) is 29.8 Å². The minimum atomic E-state index is -0.117. The van der Waals surface area contributed by atoms with E-state index in [1.165, 1.54) is 25.7 Å². The maximum atomic E-state index is 12.2. The monoisotopic (exact) mass is 266 g/mol. The molecule has 2 N–H and O–H groups in total. The highest BCUT2D eigenvalue weighted by Gasteiger charge is 2.35. The fraction of sp³-hybridized carbons (Fsp3) is 0.933. The molecular formula is C15H26N2O2. The van der Waals surface area contributed by atoms with Gasteiger partial charge in [-0.25, -0.2) is 0 Å². The van der Waals surface area contributed by atoms with Crippen LogP contribution in [0, 0.1) is 11.8 Å². The lowest BCUT2D eigenvalue weighted by molar-refractivity contribution is -0.132. The first-order valence-electron chi connectivity index (χ1n) is 7.78. The van der Waals surface area contributed by atoms with Crippen molar-refractivity contribution in [3.8, 4) is 0 Å². The highest BCUT2D eigenvalue weighted by molar-refractivity contribution is 5.76. The number of rotatable bonds is 4. The molecule has 1 amide bonds. The van der Waals surface area contributed by atoms with Gasteiger partial charge in [-0.15, -0.1) is 0 Å². The van der Waals surface area contributed by atoms with Crippen LogP contribution in [0.2, 0.25) is 0 Å². The fourth-order valence-corrected chi connectivity index (χ4v) is 4.08. The van der Waals surface area contributed by atoms with Gasteiger partial charge in [0.15, 0.2) is 0 Å². The number of aliphatic hydroxyl groups is 1. The van der Waals surface area contributed by atoms with E-state index in [-0.39, 0.29) is 6.10 Å². The zero-order valence-corrected chi connectivity index (χ0v) is 11.8. The van der Waals surface area contributed by atoms with E-state index in [2.05, 4.69) is 5.32 Å². The second kappa shape index (κ2) is 5.41. The molecule has 2 heterocycles. The molecule has 3 rings (SSSR count). The summed E-state index contributed by atoms with van der Waals surface area (Å²) in [6.07, 6.45) is 7.30. The molecule has 0 radical (unpaired) electrons. The minimum Gasteiger partial charge on any atom is -0.393 e. The van der Waals surface area contributed by atoms with Gasteiger partial charge in [0.2, 0.25) is 5.91 Å². The average molecular weight is 266 g/mol. The fourth-order valence-electron chi connectivity index (χ4n) is 4.08. The summed E-state index contributed by atoms with van der Waals surface area (Å²) in [6, 6.07) is 1.34. The number of carbonyl (C=O) groups is 1. The third-order valence-electron chi connectivity index (χ3n) is 5.20. The van der Waals surface area contributed by atoms with Crippen molar-refractivity contribution in [3.63, 3.8) is 0 Å². The molecule has 2 bridgehead atoms. The van der Waals surface area contributed by atoms with Crippen LogP contribution in [0.15, 0.2) is 0 Å². The van der Waals surface area contributed by atoms with Crippen LogP contribution in [0.3, 0.4) is 0 Å². The van der Waals surface area contributed by atoms with Crippen molar-refractivity contribution >= 4 is 5.91 Å². The van der Waals surface area contributed by atoms with Gasteiger partial charge in [0.1, 0.15) is 0 Å². The molecule has 2 atom stereocenters. The lowest BCUT2D eigenvalue weighted by atomic mass is 9.82. The summed E-state index contributed by atoms with van der Waals surface area (Å²) in [5.74, 6) is 1.40. The maximum absolute atomic E-state index is 12.2. The highest BCUT2D eigenvalue weighted by Crippen LogP contribution is 2.33. The van der Waals surface area contributed by atoms with Crippen molar-refractivity contribution in [2.75, 3.05) is 13.6 Å². The van der Waals surface area contributed by atoms with Crippen molar-refractivity contribution in [3.05, 3.63) is 0 Å². The topological polar surface area (TPSA) is 52.6 Å². The molecule has 3 fully saturated rings. The number of fused-ring (bicyclic) bond motifs is 2. The summed E-state index contributed by atoms with van der Waals surface area (Å²) >= 11 is 0. The van der Waals surface area contributed by atoms with Crippen molar-refractivity contribution < 1.29 is 9.90 Å². The molecule has 108 valence electrons. The smallest absolute Gasteiger partial charge is 0.222 e. The van der Waals surface area contributed by atoms with E-state index in [1.54, 1.807) is 0 Å². The zero-order valence-electron chi connectivity index (χ0n) is 11.8. The predicted octanol–water partition coefficient (Wildman–Crippen LogP) is 1.14. The summed E-state index contributed by atoms with van der Waals surface area (Å²) in [7, 11) is 1.92. The number of hydrogen-bond acceptors (Lipinski definition) is 3. The quantitative estimate of drug-likeness (QED) is 0.802. The first kappa shape index (κ1) is 13.4. The lowest BCUT2D eigenvalue weighted by Crippen LogP contribution is -2.42. The number of aliphatic hydroxyl groups excluding tert-OH is 1. The molecule has 2 saturated heterocycles. The molecule has 4 heteroatoms. The predicted molar refractivity (Wildman–Crippen MR) is 73.7 cm³/mol. The van der Waals surface area contributed by atoms with Gasteiger partial charge in [-0.3, -0.25) is 4.79 Å². The highest BCUT2D eigenvalue weighted by atomic mass is 16.3. The van der Waals surface area contributed by atoms with E-state index in [1.807, 2.05) is 11.9 Å². The summed E-state index contributed by atoms with van der Waals surface area (Å²) in [5, 5.41) is 12.9. The lowest BCUT2D eigenvalue weighted by Gasteiger charge is -2.35. The molecule has 2 aliphatic heterocycles. The minimum absolute atomic E-state index is 0.117.